The van der Waals surface area contributed by atoms with Gasteiger partial charge in [0.15, 0.2) is 0 Å². The molecule has 3 rings (SSSR count). The highest BCUT2D eigenvalue weighted by molar-refractivity contribution is 7.84. The topological polar surface area (TPSA) is 51.2 Å². The predicted molar refractivity (Wildman–Crippen MR) is 97.6 cm³/mol. The molecule has 2 atom stereocenters. The molecule has 2 aromatic rings. The summed E-state index contributed by atoms with van der Waals surface area (Å²) in [5.74, 6) is 0.530. The third-order valence-electron chi connectivity index (χ3n) is 4.44. The Labute approximate surface area is 158 Å². The zero-order chi connectivity index (χ0) is 19.9. The summed E-state index contributed by atoms with van der Waals surface area (Å²) in [5.41, 5.74) is -0.645. The van der Waals surface area contributed by atoms with Crippen LogP contribution in [-0.2, 0) is 22.7 Å². The first-order valence-corrected chi connectivity index (χ1v) is 9.65. The van der Waals surface area contributed by atoms with Gasteiger partial charge in [-0.2, -0.15) is 13.2 Å². The fraction of sp³-hybridized carbons (Fsp3) is 0.421. The molecule has 0 saturated heterocycles. The molecular weight excluding hydrogens is 377 g/mol. The first-order valence-electron chi connectivity index (χ1n) is 8.50. The standard InChI is InChI=1S/C19H21F3N2O2S/c1-17(2,3)27(25)24-18(10-12-26-15-5-4-11-23-16(15)18)13-6-8-14(9-7-13)19(20,21)22/h4-9,11,24H,10,12H2,1-3H3/t18-,27-/m0/s1. The summed E-state index contributed by atoms with van der Waals surface area (Å²) in [5, 5.41) is 0. The van der Waals surface area contributed by atoms with E-state index in [9.17, 15) is 17.4 Å². The van der Waals surface area contributed by atoms with Gasteiger partial charge in [0.25, 0.3) is 0 Å². The number of halogens is 3. The number of aromatic nitrogens is 1. The maximum atomic E-state index is 13.0. The number of nitrogens with one attached hydrogen (secondary N) is 1. The van der Waals surface area contributed by atoms with Crippen molar-refractivity contribution in [3.05, 3.63) is 59.4 Å². The molecule has 1 aliphatic rings. The van der Waals surface area contributed by atoms with Gasteiger partial charge in [0, 0.05) is 12.6 Å². The zero-order valence-corrected chi connectivity index (χ0v) is 16.1. The van der Waals surface area contributed by atoms with Crippen LogP contribution in [0.1, 0.15) is 44.0 Å². The Kier molecular flexibility index (Phi) is 5.07. The van der Waals surface area contributed by atoms with Crippen LogP contribution < -0.4 is 9.46 Å². The molecule has 27 heavy (non-hydrogen) atoms. The molecule has 1 aromatic heterocycles. The van der Waals surface area contributed by atoms with Crippen LogP contribution in [0.25, 0.3) is 0 Å². The lowest BCUT2D eigenvalue weighted by Crippen LogP contribution is -2.51. The minimum Gasteiger partial charge on any atom is -0.491 e. The quantitative estimate of drug-likeness (QED) is 0.844. The second kappa shape index (κ2) is 6.91. The number of pyridine rings is 1. The van der Waals surface area contributed by atoms with Gasteiger partial charge < -0.3 is 4.74 Å². The van der Waals surface area contributed by atoms with Crippen molar-refractivity contribution in [2.45, 2.75) is 43.7 Å². The van der Waals surface area contributed by atoms with Gasteiger partial charge in [0.2, 0.25) is 0 Å². The monoisotopic (exact) mass is 398 g/mol. The molecule has 4 nitrogen and oxygen atoms in total. The lowest BCUT2D eigenvalue weighted by molar-refractivity contribution is -0.137. The molecule has 0 amide bonds. The number of rotatable bonds is 3. The maximum absolute atomic E-state index is 13.0. The lowest BCUT2D eigenvalue weighted by Gasteiger charge is -2.40. The summed E-state index contributed by atoms with van der Waals surface area (Å²) in [7, 11) is -1.47. The van der Waals surface area contributed by atoms with Gasteiger partial charge in [0.05, 0.1) is 27.9 Å². The SMILES string of the molecule is CC(C)(C)[S@](=O)N[C@]1(c2ccc(C(F)(F)F)cc2)CCOc2cccnc21. The minimum atomic E-state index is -4.42. The van der Waals surface area contributed by atoms with Gasteiger partial charge in [0.1, 0.15) is 17.0 Å². The molecule has 1 aromatic carbocycles. The second-order valence-corrected chi connectivity index (χ2v) is 9.38. The number of benzene rings is 1. The Morgan fingerprint density at radius 1 is 1.15 bits per heavy atom. The van der Waals surface area contributed by atoms with E-state index in [0.717, 1.165) is 12.1 Å². The molecule has 0 fully saturated rings. The highest BCUT2D eigenvalue weighted by Crippen LogP contribution is 2.42. The summed E-state index contributed by atoms with van der Waals surface area (Å²) < 4.78 is 60.0. The molecule has 0 radical (unpaired) electrons. The summed E-state index contributed by atoms with van der Waals surface area (Å²) in [6.07, 6.45) is -2.43. The molecule has 2 heterocycles. The molecule has 0 spiro atoms. The lowest BCUT2D eigenvalue weighted by atomic mass is 9.82. The molecule has 146 valence electrons. The van der Waals surface area contributed by atoms with Crippen LogP contribution >= 0.6 is 0 Å². The van der Waals surface area contributed by atoms with E-state index >= 15 is 0 Å². The van der Waals surface area contributed by atoms with Crippen LogP contribution in [0, 0.1) is 0 Å². The Morgan fingerprint density at radius 2 is 1.81 bits per heavy atom. The van der Waals surface area contributed by atoms with E-state index in [1.807, 2.05) is 20.8 Å². The summed E-state index contributed by atoms with van der Waals surface area (Å²) in [6.45, 7) is 5.81. The highest BCUT2D eigenvalue weighted by atomic mass is 32.2. The van der Waals surface area contributed by atoms with Crippen molar-refractivity contribution in [2.75, 3.05) is 6.61 Å². The number of hydrogen-bond acceptors (Lipinski definition) is 3. The van der Waals surface area contributed by atoms with Crippen molar-refractivity contribution >= 4 is 11.0 Å². The first kappa shape index (κ1) is 19.8. The van der Waals surface area contributed by atoms with Crippen molar-refractivity contribution in [3.63, 3.8) is 0 Å². The molecule has 8 heteroatoms. The smallest absolute Gasteiger partial charge is 0.416 e. The summed E-state index contributed by atoms with van der Waals surface area (Å²) in [6, 6.07) is 8.39. The van der Waals surface area contributed by atoms with Crippen molar-refractivity contribution < 1.29 is 22.1 Å². The Hall–Kier alpha value is -1.93. The average Bonchev–Trinajstić information content (AvgIpc) is 2.60. The van der Waals surface area contributed by atoms with Crippen LogP contribution in [0.3, 0.4) is 0 Å². The van der Waals surface area contributed by atoms with Crippen molar-refractivity contribution in [1.82, 2.24) is 9.71 Å². The molecule has 0 bridgehead atoms. The van der Waals surface area contributed by atoms with E-state index in [0.29, 0.717) is 30.0 Å². The van der Waals surface area contributed by atoms with Gasteiger partial charge in [-0.1, -0.05) is 12.1 Å². The van der Waals surface area contributed by atoms with Crippen LogP contribution in [0.15, 0.2) is 42.6 Å². The minimum absolute atomic E-state index is 0.327. The van der Waals surface area contributed by atoms with E-state index in [1.54, 1.807) is 18.3 Å². The molecule has 0 saturated carbocycles. The largest absolute Gasteiger partial charge is 0.491 e. The Morgan fingerprint density at radius 3 is 2.41 bits per heavy atom. The summed E-state index contributed by atoms with van der Waals surface area (Å²) >= 11 is 0. The number of nitrogens with zero attached hydrogens (tertiary/aromatic N) is 1. The van der Waals surface area contributed by atoms with Gasteiger partial charge in [-0.05, 0) is 50.6 Å². The number of fused-ring (bicyclic) bond motifs is 1. The molecule has 0 unspecified atom stereocenters. The molecule has 1 N–H and O–H groups in total. The van der Waals surface area contributed by atoms with E-state index < -0.39 is 33.0 Å². The number of alkyl halides is 3. The van der Waals surface area contributed by atoms with Crippen LogP contribution in [-0.4, -0.2) is 20.5 Å². The van der Waals surface area contributed by atoms with Crippen LogP contribution in [0.5, 0.6) is 5.75 Å². The third kappa shape index (κ3) is 3.87. The average molecular weight is 398 g/mol. The fourth-order valence-electron chi connectivity index (χ4n) is 2.95. The van der Waals surface area contributed by atoms with Crippen molar-refractivity contribution in [3.8, 4) is 5.75 Å². The normalized spacial score (nSPS) is 21.3. The molecular formula is C19H21F3N2O2S. The third-order valence-corrected chi connectivity index (χ3v) is 6.08. The van der Waals surface area contributed by atoms with Gasteiger partial charge in [-0.15, -0.1) is 0 Å². The van der Waals surface area contributed by atoms with E-state index in [2.05, 4.69) is 9.71 Å². The Balaban J connectivity index is 2.14. The summed E-state index contributed by atoms with van der Waals surface area (Å²) in [4.78, 5) is 4.41. The predicted octanol–water partition coefficient (Wildman–Crippen LogP) is 4.18. The van der Waals surface area contributed by atoms with E-state index in [4.69, 9.17) is 4.74 Å². The molecule has 0 aliphatic carbocycles. The number of hydrogen-bond donors (Lipinski definition) is 1. The second-order valence-electron chi connectivity index (χ2n) is 7.41. The van der Waals surface area contributed by atoms with Gasteiger partial charge in [-0.25, -0.2) is 8.93 Å². The van der Waals surface area contributed by atoms with Crippen LogP contribution in [0.2, 0.25) is 0 Å². The highest BCUT2D eigenvalue weighted by Gasteiger charge is 2.44. The fourth-order valence-corrected chi connectivity index (χ4v) is 3.89. The van der Waals surface area contributed by atoms with Gasteiger partial charge >= 0.3 is 6.18 Å². The first-order chi connectivity index (χ1) is 12.5. The zero-order valence-electron chi connectivity index (χ0n) is 15.3. The van der Waals surface area contributed by atoms with Gasteiger partial charge in [-0.3, -0.25) is 4.98 Å². The van der Waals surface area contributed by atoms with E-state index in [-0.39, 0.29) is 0 Å². The van der Waals surface area contributed by atoms with Crippen molar-refractivity contribution in [2.24, 2.45) is 0 Å². The molecule has 1 aliphatic heterocycles. The van der Waals surface area contributed by atoms with Crippen molar-refractivity contribution in [1.29, 1.82) is 0 Å². The number of ether oxygens (including phenoxy) is 1. The van der Waals surface area contributed by atoms with E-state index in [1.165, 1.54) is 12.1 Å². The Bertz CT molecular complexity index is 847. The maximum Gasteiger partial charge on any atom is 0.416 e. The van der Waals surface area contributed by atoms with Crippen LogP contribution in [0.4, 0.5) is 13.2 Å².